The third-order valence-electron chi connectivity index (χ3n) is 6.11. The Kier molecular flexibility index (Phi) is 4.83. The quantitative estimate of drug-likeness (QED) is 0.628. The van der Waals surface area contributed by atoms with Gasteiger partial charge in [-0.15, -0.1) is 0 Å². The zero-order valence-electron chi connectivity index (χ0n) is 17.7. The largest absolute Gasteiger partial charge is 0.494 e. The molecule has 5 rings (SSSR count). The van der Waals surface area contributed by atoms with Gasteiger partial charge in [0.1, 0.15) is 17.9 Å². The smallest absolute Gasteiger partial charge is 0.415 e. The molecule has 1 N–H and O–H groups in total. The van der Waals surface area contributed by atoms with Gasteiger partial charge in [0.2, 0.25) is 0 Å². The lowest BCUT2D eigenvalue weighted by atomic mass is 9.87. The Balaban J connectivity index is 1.60. The minimum atomic E-state index is -0.581. The van der Waals surface area contributed by atoms with Gasteiger partial charge in [0.05, 0.1) is 35.1 Å². The van der Waals surface area contributed by atoms with Crippen LogP contribution in [0.3, 0.4) is 0 Å². The molecule has 2 aliphatic heterocycles. The van der Waals surface area contributed by atoms with E-state index in [1.54, 1.807) is 29.2 Å². The fourth-order valence-electron chi connectivity index (χ4n) is 4.46. The maximum absolute atomic E-state index is 14.5. The lowest BCUT2D eigenvalue weighted by Crippen LogP contribution is -2.65. The number of nitrogens with one attached hydrogen (secondary N) is 1. The van der Waals surface area contributed by atoms with E-state index in [0.29, 0.717) is 41.2 Å². The molecule has 2 fully saturated rings. The number of amides is 1. The van der Waals surface area contributed by atoms with Crippen molar-refractivity contribution in [2.45, 2.75) is 18.6 Å². The monoisotopic (exact) mass is 457 g/mol. The molecule has 3 aromatic rings. The number of methoxy groups -OCH3 is 1. The summed E-state index contributed by atoms with van der Waals surface area (Å²) in [5, 5.41) is 3.58. The van der Waals surface area contributed by atoms with Gasteiger partial charge >= 0.3 is 6.09 Å². The van der Waals surface area contributed by atoms with Crippen LogP contribution < -0.4 is 15.0 Å². The average molecular weight is 458 g/mol. The Morgan fingerprint density at radius 2 is 2.09 bits per heavy atom. The van der Waals surface area contributed by atoms with E-state index in [0.717, 1.165) is 0 Å². The molecule has 1 amide bonds. The second-order valence-corrected chi connectivity index (χ2v) is 8.55. The summed E-state index contributed by atoms with van der Waals surface area (Å²) >= 11 is 5.91. The minimum Gasteiger partial charge on any atom is -0.494 e. The summed E-state index contributed by atoms with van der Waals surface area (Å²) in [7, 11) is 3.51. The van der Waals surface area contributed by atoms with Crippen LogP contribution in [0.15, 0.2) is 36.7 Å². The number of likely N-dealkylation sites (tertiary alicyclic amines) is 1. The molecule has 1 atom stereocenters. The summed E-state index contributed by atoms with van der Waals surface area (Å²) in [4.78, 5) is 25.2. The van der Waals surface area contributed by atoms with Crippen LogP contribution in [0, 0.1) is 5.82 Å². The van der Waals surface area contributed by atoms with Crippen LogP contribution in [0.25, 0.3) is 10.9 Å². The lowest BCUT2D eigenvalue weighted by molar-refractivity contribution is -0.0758. The number of hydrogen-bond donors (Lipinski definition) is 1. The summed E-state index contributed by atoms with van der Waals surface area (Å²) in [6, 6.07) is 7.96. The number of ether oxygens (including phenoxy) is 2. The Labute approximate surface area is 188 Å². The Hall–Kier alpha value is -3.17. The van der Waals surface area contributed by atoms with E-state index in [-0.39, 0.29) is 16.8 Å². The molecular weight excluding hydrogens is 437 g/mol. The molecule has 0 bridgehead atoms. The maximum Gasteiger partial charge on any atom is 0.415 e. The van der Waals surface area contributed by atoms with Gasteiger partial charge in [-0.25, -0.2) is 19.2 Å². The highest BCUT2D eigenvalue weighted by atomic mass is 35.5. The molecule has 1 aromatic heterocycles. The molecule has 0 radical (unpaired) electrons. The molecule has 0 aliphatic carbocycles. The molecule has 2 aliphatic rings. The van der Waals surface area contributed by atoms with Crippen molar-refractivity contribution in [1.82, 2.24) is 14.9 Å². The average Bonchev–Trinajstić information content (AvgIpc) is 3.00. The van der Waals surface area contributed by atoms with Crippen LogP contribution in [0.1, 0.15) is 6.92 Å². The van der Waals surface area contributed by atoms with Gasteiger partial charge < -0.3 is 14.8 Å². The van der Waals surface area contributed by atoms with Crippen molar-refractivity contribution in [1.29, 1.82) is 0 Å². The second kappa shape index (κ2) is 7.46. The van der Waals surface area contributed by atoms with Crippen molar-refractivity contribution in [2.75, 3.05) is 37.5 Å². The number of anilines is 3. The van der Waals surface area contributed by atoms with Gasteiger partial charge in [0.15, 0.2) is 11.4 Å². The molecule has 32 heavy (non-hydrogen) atoms. The van der Waals surface area contributed by atoms with Gasteiger partial charge in [-0.2, -0.15) is 0 Å². The highest BCUT2D eigenvalue weighted by Gasteiger charge is 2.58. The zero-order valence-corrected chi connectivity index (χ0v) is 18.5. The molecular formula is C22H21ClFN5O3. The molecule has 8 nitrogen and oxygen atoms in total. The number of nitrogens with zero attached hydrogens (tertiary/aromatic N) is 4. The van der Waals surface area contributed by atoms with E-state index in [4.69, 9.17) is 21.1 Å². The van der Waals surface area contributed by atoms with Crippen molar-refractivity contribution in [3.63, 3.8) is 0 Å². The summed E-state index contributed by atoms with van der Waals surface area (Å²) in [6.07, 6.45) is 0.938. The third-order valence-corrected chi connectivity index (χ3v) is 6.40. The number of rotatable bonds is 4. The van der Waals surface area contributed by atoms with Gasteiger partial charge in [-0.1, -0.05) is 17.7 Å². The van der Waals surface area contributed by atoms with Crippen molar-refractivity contribution < 1.29 is 18.7 Å². The third kappa shape index (κ3) is 3.11. The van der Waals surface area contributed by atoms with E-state index in [1.165, 1.54) is 19.5 Å². The van der Waals surface area contributed by atoms with E-state index >= 15 is 0 Å². The highest BCUT2D eigenvalue weighted by molar-refractivity contribution is 6.31. The van der Waals surface area contributed by atoms with Gasteiger partial charge in [0.25, 0.3) is 0 Å². The topological polar surface area (TPSA) is 79.8 Å². The summed E-state index contributed by atoms with van der Waals surface area (Å²) in [5.41, 5.74) is 0.738. The first kappa shape index (κ1) is 20.7. The van der Waals surface area contributed by atoms with Crippen LogP contribution in [0.2, 0.25) is 5.02 Å². The predicted molar refractivity (Wildman–Crippen MR) is 119 cm³/mol. The zero-order chi connectivity index (χ0) is 22.6. The van der Waals surface area contributed by atoms with E-state index in [1.807, 2.05) is 14.0 Å². The van der Waals surface area contributed by atoms with Crippen molar-refractivity contribution in [2.24, 2.45) is 0 Å². The van der Waals surface area contributed by atoms with E-state index in [2.05, 4.69) is 20.2 Å². The first-order chi connectivity index (χ1) is 15.3. The predicted octanol–water partition coefficient (Wildman–Crippen LogP) is 4.20. The fourth-order valence-corrected chi connectivity index (χ4v) is 4.63. The molecule has 166 valence electrons. The van der Waals surface area contributed by atoms with Crippen LogP contribution in [-0.4, -0.2) is 59.9 Å². The Morgan fingerprint density at radius 3 is 2.81 bits per heavy atom. The molecule has 0 unspecified atom stereocenters. The number of hydrogen-bond acceptors (Lipinski definition) is 7. The van der Waals surface area contributed by atoms with E-state index in [9.17, 15) is 9.18 Å². The molecule has 2 aromatic carbocycles. The SMILES string of the molecule is COc1cc2ncnc(Nc3cccc(Cl)c3F)c2cc1N1C(=O)OC2(CN(C)C2)[C@H]1C. The van der Waals surface area contributed by atoms with Gasteiger partial charge in [-0.3, -0.25) is 9.80 Å². The lowest BCUT2D eigenvalue weighted by Gasteiger charge is -2.46. The van der Waals surface area contributed by atoms with Crippen molar-refractivity contribution >= 4 is 45.8 Å². The van der Waals surface area contributed by atoms with Crippen LogP contribution in [-0.2, 0) is 4.74 Å². The Bertz CT molecular complexity index is 1230. The first-order valence-corrected chi connectivity index (χ1v) is 10.5. The number of carbonyl (C=O) groups excluding carboxylic acids is 1. The normalized spacial score (nSPS) is 19.8. The van der Waals surface area contributed by atoms with Gasteiger partial charge in [0, 0.05) is 24.5 Å². The van der Waals surface area contributed by atoms with Gasteiger partial charge in [-0.05, 0) is 32.2 Å². The highest BCUT2D eigenvalue weighted by Crippen LogP contribution is 2.44. The first-order valence-electron chi connectivity index (χ1n) is 10.1. The molecule has 10 heteroatoms. The molecule has 3 heterocycles. The number of carbonyl (C=O) groups is 1. The Morgan fingerprint density at radius 1 is 1.31 bits per heavy atom. The number of benzene rings is 2. The molecule has 2 saturated heterocycles. The van der Waals surface area contributed by atoms with E-state index < -0.39 is 17.5 Å². The minimum absolute atomic E-state index is 0.000112. The molecule has 1 spiro atoms. The summed E-state index contributed by atoms with van der Waals surface area (Å²) < 4.78 is 25.8. The number of fused-ring (bicyclic) bond motifs is 1. The summed E-state index contributed by atoms with van der Waals surface area (Å²) in [6.45, 7) is 3.29. The van der Waals surface area contributed by atoms with Crippen LogP contribution in [0.5, 0.6) is 5.75 Å². The van der Waals surface area contributed by atoms with Crippen LogP contribution >= 0.6 is 11.6 Å². The maximum atomic E-state index is 14.5. The number of likely N-dealkylation sites (N-methyl/N-ethyl adjacent to an activating group) is 1. The summed E-state index contributed by atoms with van der Waals surface area (Å²) in [5.74, 6) is 0.269. The second-order valence-electron chi connectivity index (χ2n) is 8.14. The molecule has 0 saturated carbocycles. The van der Waals surface area contributed by atoms with Crippen LogP contribution in [0.4, 0.5) is 26.4 Å². The van der Waals surface area contributed by atoms with Crippen molar-refractivity contribution in [3.8, 4) is 5.75 Å². The standard InChI is InChI=1S/C22H21ClFN5O3/c1-12-22(9-28(2)10-22)32-21(30)29(12)17-7-13-16(8-18(17)31-3)25-11-26-20(13)27-15-6-4-5-14(23)19(15)24/h4-8,11-12H,9-10H2,1-3H3,(H,25,26,27)/t12-/m1/s1. The fraction of sp³-hybridized carbons (Fsp3) is 0.318. The number of aromatic nitrogens is 2. The van der Waals surface area contributed by atoms with Crippen molar-refractivity contribution in [3.05, 3.63) is 47.5 Å². The number of halogens is 2.